The molecule has 1 N–H and O–H groups in total. The summed E-state index contributed by atoms with van der Waals surface area (Å²) < 4.78 is 10.8. The molecule has 0 spiro atoms. The Hall–Kier alpha value is -3.74. The average molecular weight is 445 g/mol. The van der Waals surface area contributed by atoms with Crippen molar-refractivity contribution in [1.82, 2.24) is 4.98 Å². The van der Waals surface area contributed by atoms with Crippen LogP contribution in [0.3, 0.4) is 0 Å². The van der Waals surface area contributed by atoms with Crippen molar-refractivity contribution < 1.29 is 14.3 Å². The third-order valence-corrected chi connectivity index (χ3v) is 6.40. The van der Waals surface area contributed by atoms with E-state index in [0.29, 0.717) is 17.9 Å². The molecule has 3 heterocycles. The molecule has 0 saturated carbocycles. The molecular weight excluding hydrogens is 416 g/mol. The summed E-state index contributed by atoms with van der Waals surface area (Å²) in [6.07, 6.45) is 3.56. The first-order valence-electron chi connectivity index (χ1n) is 11.3. The maximum absolute atomic E-state index is 13.4. The molecule has 1 saturated heterocycles. The van der Waals surface area contributed by atoms with Gasteiger partial charge in [0.25, 0.3) is 5.91 Å². The van der Waals surface area contributed by atoms with E-state index in [2.05, 4.69) is 21.3 Å². The molecule has 7 nitrogen and oxygen atoms in total. The molecule has 0 aliphatic carbocycles. The standard InChI is InChI=1S/C26H28N4O3/c1-32-21-14-20(15-22(16-21)33-2)29-12-10-19(17-29)28-25-23(7-5-11-27-25)26(31)30-13-9-18-6-3-4-8-24(18)30/h3-8,11,14-16,19H,9-10,12-13,17H2,1-2H3,(H,27,28). The van der Waals surface area contributed by atoms with Gasteiger partial charge in [-0.1, -0.05) is 18.2 Å². The molecule has 1 aromatic heterocycles. The minimum atomic E-state index is -0.0112. The number of hydrogen-bond acceptors (Lipinski definition) is 6. The molecule has 3 aromatic rings. The second kappa shape index (κ2) is 9.02. The minimum absolute atomic E-state index is 0.0112. The number of amides is 1. The lowest BCUT2D eigenvalue weighted by molar-refractivity contribution is 0.0990. The fourth-order valence-electron chi connectivity index (χ4n) is 4.67. The molecule has 2 aliphatic heterocycles. The summed E-state index contributed by atoms with van der Waals surface area (Å²) in [6, 6.07) is 17.9. The van der Waals surface area contributed by atoms with Crippen LogP contribution in [0.1, 0.15) is 22.3 Å². The average Bonchev–Trinajstić information content (AvgIpc) is 3.51. The van der Waals surface area contributed by atoms with Crippen molar-refractivity contribution >= 4 is 23.1 Å². The zero-order valence-corrected chi connectivity index (χ0v) is 19.0. The first-order valence-corrected chi connectivity index (χ1v) is 11.3. The Balaban J connectivity index is 1.32. The van der Waals surface area contributed by atoms with Crippen molar-refractivity contribution in [3.05, 3.63) is 71.9 Å². The molecule has 170 valence electrons. The van der Waals surface area contributed by atoms with E-state index >= 15 is 0 Å². The normalized spacial score (nSPS) is 17.1. The quantitative estimate of drug-likeness (QED) is 0.620. The van der Waals surface area contributed by atoms with E-state index in [1.807, 2.05) is 53.4 Å². The lowest BCUT2D eigenvalue weighted by Crippen LogP contribution is -2.31. The van der Waals surface area contributed by atoms with Crippen molar-refractivity contribution in [1.29, 1.82) is 0 Å². The van der Waals surface area contributed by atoms with E-state index in [-0.39, 0.29) is 11.9 Å². The Bertz CT molecular complexity index is 1140. The number of benzene rings is 2. The fourth-order valence-corrected chi connectivity index (χ4v) is 4.67. The Kier molecular flexibility index (Phi) is 5.77. The van der Waals surface area contributed by atoms with Crippen molar-refractivity contribution in [3.8, 4) is 11.5 Å². The number of carbonyl (C=O) groups is 1. The first-order chi connectivity index (χ1) is 16.2. The van der Waals surface area contributed by atoms with Crippen LogP contribution in [0.4, 0.5) is 17.2 Å². The van der Waals surface area contributed by atoms with Crippen molar-refractivity contribution in [3.63, 3.8) is 0 Å². The predicted octanol–water partition coefficient (Wildman–Crippen LogP) is 3.99. The Morgan fingerprint density at radius 3 is 2.61 bits per heavy atom. The zero-order chi connectivity index (χ0) is 22.8. The molecular formula is C26H28N4O3. The summed E-state index contributed by atoms with van der Waals surface area (Å²) in [7, 11) is 3.32. The molecule has 33 heavy (non-hydrogen) atoms. The van der Waals surface area contributed by atoms with Crippen LogP contribution in [-0.4, -0.2) is 50.8 Å². The van der Waals surface area contributed by atoms with Crippen LogP contribution < -0.4 is 24.6 Å². The molecule has 2 aromatic carbocycles. The number of anilines is 3. The van der Waals surface area contributed by atoms with Crippen molar-refractivity contribution in [2.75, 3.05) is 49.0 Å². The number of pyridine rings is 1. The Morgan fingerprint density at radius 2 is 1.82 bits per heavy atom. The highest BCUT2D eigenvalue weighted by atomic mass is 16.5. The van der Waals surface area contributed by atoms with Crippen LogP contribution in [0.15, 0.2) is 60.8 Å². The summed E-state index contributed by atoms with van der Waals surface area (Å²) in [5.74, 6) is 2.17. The predicted molar refractivity (Wildman–Crippen MR) is 130 cm³/mol. The molecule has 1 amide bonds. The zero-order valence-electron chi connectivity index (χ0n) is 19.0. The number of fused-ring (bicyclic) bond motifs is 1. The van der Waals surface area contributed by atoms with Gasteiger partial charge < -0.3 is 24.6 Å². The van der Waals surface area contributed by atoms with E-state index in [1.165, 1.54) is 5.56 Å². The number of para-hydroxylation sites is 1. The number of nitrogens with one attached hydrogen (secondary N) is 1. The van der Waals surface area contributed by atoms with Crippen molar-refractivity contribution in [2.45, 2.75) is 18.9 Å². The van der Waals surface area contributed by atoms with Gasteiger partial charge in [-0.05, 0) is 36.6 Å². The van der Waals surface area contributed by atoms with Gasteiger partial charge in [-0.25, -0.2) is 4.98 Å². The van der Waals surface area contributed by atoms with Gasteiger partial charge in [0, 0.05) is 61.4 Å². The van der Waals surface area contributed by atoms with Crippen LogP contribution in [0.2, 0.25) is 0 Å². The minimum Gasteiger partial charge on any atom is -0.497 e. The molecule has 1 unspecified atom stereocenters. The highest BCUT2D eigenvalue weighted by Crippen LogP contribution is 2.32. The van der Waals surface area contributed by atoms with E-state index in [1.54, 1.807) is 20.4 Å². The molecule has 0 bridgehead atoms. The molecule has 5 rings (SSSR count). The summed E-state index contributed by atoms with van der Waals surface area (Å²) >= 11 is 0. The maximum atomic E-state index is 13.4. The monoisotopic (exact) mass is 444 g/mol. The first kappa shape index (κ1) is 21.1. The Morgan fingerprint density at radius 1 is 1.03 bits per heavy atom. The number of methoxy groups -OCH3 is 2. The van der Waals surface area contributed by atoms with Gasteiger partial charge >= 0.3 is 0 Å². The number of aromatic nitrogens is 1. The second-order valence-electron chi connectivity index (χ2n) is 8.38. The third-order valence-electron chi connectivity index (χ3n) is 6.40. The summed E-state index contributed by atoms with van der Waals surface area (Å²) in [5, 5.41) is 3.53. The van der Waals surface area contributed by atoms with Gasteiger partial charge in [0.1, 0.15) is 17.3 Å². The van der Waals surface area contributed by atoms with Gasteiger partial charge in [0.15, 0.2) is 0 Å². The van der Waals surface area contributed by atoms with Gasteiger partial charge in [-0.15, -0.1) is 0 Å². The molecule has 0 radical (unpaired) electrons. The molecule has 1 atom stereocenters. The summed E-state index contributed by atoms with van der Waals surface area (Å²) in [6.45, 7) is 2.39. The summed E-state index contributed by atoms with van der Waals surface area (Å²) in [4.78, 5) is 22.1. The fraction of sp³-hybridized carbons (Fsp3) is 0.308. The molecule has 1 fully saturated rings. The van der Waals surface area contributed by atoms with Crippen LogP contribution in [0.5, 0.6) is 11.5 Å². The lowest BCUT2D eigenvalue weighted by Gasteiger charge is -2.22. The lowest BCUT2D eigenvalue weighted by atomic mass is 10.1. The van der Waals surface area contributed by atoms with Gasteiger partial charge in [0.2, 0.25) is 0 Å². The highest BCUT2D eigenvalue weighted by molar-refractivity contribution is 6.10. The van der Waals surface area contributed by atoms with Gasteiger partial charge in [-0.2, -0.15) is 0 Å². The van der Waals surface area contributed by atoms with E-state index in [9.17, 15) is 4.79 Å². The molecule has 2 aliphatic rings. The van der Waals surface area contributed by atoms with Gasteiger partial charge in [-0.3, -0.25) is 4.79 Å². The smallest absolute Gasteiger partial charge is 0.262 e. The number of hydrogen-bond donors (Lipinski definition) is 1. The van der Waals surface area contributed by atoms with Gasteiger partial charge in [0.05, 0.1) is 19.8 Å². The Labute approximate surface area is 193 Å². The van der Waals surface area contributed by atoms with Crippen LogP contribution in [0.25, 0.3) is 0 Å². The maximum Gasteiger partial charge on any atom is 0.262 e. The van der Waals surface area contributed by atoms with Crippen molar-refractivity contribution in [2.24, 2.45) is 0 Å². The summed E-state index contributed by atoms with van der Waals surface area (Å²) in [5.41, 5.74) is 3.87. The topological polar surface area (TPSA) is 66.9 Å². The number of ether oxygens (including phenoxy) is 2. The largest absolute Gasteiger partial charge is 0.497 e. The van der Waals surface area contributed by atoms with Crippen LogP contribution in [0, 0.1) is 0 Å². The molecule has 7 heteroatoms. The number of rotatable bonds is 6. The SMILES string of the molecule is COc1cc(OC)cc(N2CCC(Nc3ncccc3C(=O)N3CCc4ccccc43)C2)c1. The third kappa shape index (κ3) is 4.18. The number of nitrogens with zero attached hydrogens (tertiary/aromatic N) is 3. The van der Waals surface area contributed by atoms with Crippen LogP contribution >= 0.6 is 0 Å². The second-order valence-corrected chi connectivity index (χ2v) is 8.38. The number of carbonyl (C=O) groups excluding carboxylic acids is 1. The van der Waals surface area contributed by atoms with E-state index < -0.39 is 0 Å². The highest BCUT2D eigenvalue weighted by Gasteiger charge is 2.29. The van der Waals surface area contributed by atoms with E-state index in [0.717, 1.165) is 48.8 Å². The van der Waals surface area contributed by atoms with Crippen LogP contribution in [-0.2, 0) is 6.42 Å². The van der Waals surface area contributed by atoms with E-state index in [4.69, 9.17) is 9.47 Å².